The molecule has 1 aliphatic heterocycles. The summed E-state index contributed by atoms with van der Waals surface area (Å²) in [5.41, 5.74) is 0.334. The Bertz CT molecular complexity index is 1060. The molecule has 0 aliphatic carbocycles. The van der Waals surface area contributed by atoms with Gasteiger partial charge in [0, 0.05) is 23.2 Å². The summed E-state index contributed by atoms with van der Waals surface area (Å²) >= 11 is 0. The summed E-state index contributed by atoms with van der Waals surface area (Å²) in [6, 6.07) is 9.71. The molecule has 1 aromatic heterocycles. The molecule has 10 heteroatoms. The van der Waals surface area contributed by atoms with Gasteiger partial charge >= 0.3 is 6.29 Å². The zero-order valence-electron chi connectivity index (χ0n) is 12.8. The Morgan fingerprint density at radius 3 is 2.69 bits per heavy atom. The van der Waals surface area contributed by atoms with Crippen molar-refractivity contribution in [2.75, 3.05) is 5.32 Å². The van der Waals surface area contributed by atoms with Crippen molar-refractivity contribution in [2.45, 2.75) is 6.29 Å². The first-order valence-corrected chi connectivity index (χ1v) is 7.30. The molecule has 4 rings (SSSR count). The number of carbonyl (C=O) groups excluding carboxylic acids is 1. The van der Waals surface area contributed by atoms with Crippen LogP contribution in [0.4, 0.5) is 20.2 Å². The fourth-order valence-electron chi connectivity index (χ4n) is 2.64. The van der Waals surface area contributed by atoms with E-state index in [2.05, 4.69) is 19.8 Å². The number of hydrogen-bond acceptors (Lipinski definition) is 5. The smallest absolute Gasteiger partial charge is 0.395 e. The second-order valence-electron chi connectivity index (χ2n) is 5.46. The summed E-state index contributed by atoms with van der Waals surface area (Å²) in [7, 11) is 0. The molecule has 0 bridgehead atoms. The molecule has 0 radical (unpaired) electrons. The lowest BCUT2D eigenvalue weighted by atomic mass is 10.2. The Morgan fingerprint density at radius 2 is 1.92 bits per heavy atom. The van der Waals surface area contributed by atoms with E-state index in [9.17, 15) is 23.7 Å². The molecule has 8 nitrogen and oxygen atoms in total. The summed E-state index contributed by atoms with van der Waals surface area (Å²) in [5, 5.41) is 14.0. The summed E-state index contributed by atoms with van der Waals surface area (Å²) < 4.78 is 34.6. The number of H-pyrrole nitrogens is 1. The third kappa shape index (κ3) is 2.66. The maximum atomic E-state index is 13.0. The number of amides is 1. The molecule has 0 unspecified atom stereocenters. The van der Waals surface area contributed by atoms with Gasteiger partial charge in [-0.25, -0.2) is 0 Å². The van der Waals surface area contributed by atoms with E-state index in [4.69, 9.17) is 0 Å². The SMILES string of the molecule is O=C(Nc1ccc2c(c1)OC(F)(F)O2)c1cc2cccc([N+](=O)[O-])c2[nH]1. The predicted octanol–water partition coefficient (Wildman–Crippen LogP) is 3.65. The average Bonchev–Trinajstić information content (AvgIpc) is 3.13. The van der Waals surface area contributed by atoms with Crippen molar-refractivity contribution in [3.63, 3.8) is 0 Å². The molecule has 2 N–H and O–H groups in total. The molecule has 3 aromatic rings. The van der Waals surface area contributed by atoms with Crippen LogP contribution in [0.5, 0.6) is 11.5 Å². The number of hydrogen-bond donors (Lipinski definition) is 2. The highest BCUT2D eigenvalue weighted by Crippen LogP contribution is 2.42. The molecule has 2 aromatic carbocycles. The van der Waals surface area contributed by atoms with E-state index in [1.54, 1.807) is 6.07 Å². The van der Waals surface area contributed by atoms with Gasteiger partial charge < -0.3 is 19.8 Å². The van der Waals surface area contributed by atoms with Crippen molar-refractivity contribution in [3.05, 3.63) is 58.3 Å². The third-order valence-corrected chi connectivity index (χ3v) is 3.73. The molecular weight excluding hydrogens is 352 g/mol. The zero-order chi connectivity index (χ0) is 18.5. The number of benzene rings is 2. The Kier molecular flexibility index (Phi) is 3.29. The molecule has 0 spiro atoms. The first-order valence-electron chi connectivity index (χ1n) is 7.30. The zero-order valence-corrected chi connectivity index (χ0v) is 12.8. The summed E-state index contributed by atoms with van der Waals surface area (Å²) in [4.78, 5) is 25.5. The molecular formula is C16H9F2N3O5. The first-order chi connectivity index (χ1) is 12.3. The van der Waals surface area contributed by atoms with Gasteiger partial charge in [-0.3, -0.25) is 14.9 Å². The molecule has 0 saturated heterocycles. The highest BCUT2D eigenvalue weighted by atomic mass is 19.3. The van der Waals surface area contributed by atoms with E-state index in [0.29, 0.717) is 5.39 Å². The number of nitrogens with zero attached hydrogens (tertiary/aromatic N) is 1. The van der Waals surface area contributed by atoms with Crippen molar-refractivity contribution >= 4 is 28.2 Å². The quantitative estimate of drug-likeness (QED) is 0.547. The maximum Gasteiger partial charge on any atom is 0.586 e. The van der Waals surface area contributed by atoms with Crippen LogP contribution in [0.2, 0.25) is 0 Å². The highest BCUT2D eigenvalue weighted by Gasteiger charge is 2.43. The van der Waals surface area contributed by atoms with Crippen molar-refractivity contribution in [2.24, 2.45) is 0 Å². The van der Waals surface area contributed by atoms with E-state index >= 15 is 0 Å². The van der Waals surface area contributed by atoms with Crippen LogP contribution in [0.25, 0.3) is 10.9 Å². The minimum absolute atomic E-state index is 0.0808. The van der Waals surface area contributed by atoms with Crippen LogP contribution in [-0.2, 0) is 0 Å². The minimum Gasteiger partial charge on any atom is -0.395 e. The number of nitro benzene ring substituents is 1. The molecule has 1 amide bonds. The monoisotopic (exact) mass is 361 g/mol. The van der Waals surface area contributed by atoms with Gasteiger partial charge in [-0.05, 0) is 18.2 Å². The van der Waals surface area contributed by atoms with Crippen LogP contribution in [-0.4, -0.2) is 22.1 Å². The van der Waals surface area contributed by atoms with Crippen LogP contribution in [0.15, 0.2) is 42.5 Å². The van der Waals surface area contributed by atoms with E-state index in [1.165, 1.54) is 36.4 Å². The van der Waals surface area contributed by atoms with Gasteiger partial charge in [0.25, 0.3) is 11.6 Å². The molecule has 0 saturated carbocycles. The standard InChI is InChI=1S/C16H9F2N3O5/c17-16(18)25-12-5-4-9(7-13(12)26-16)19-15(22)10-6-8-2-1-3-11(21(23)24)14(8)20-10/h1-7,20H,(H,19,22). The lowest BCUT2D eigenvalue weighted by molar-refractivity contribution is -0.383. The number of non-ortho nitro benzene ring substituents is 1. The van der Waals surface area contributed by atoms with Gasteiger partial charge in [0.1, 0.15) is 11.2 Å². The number of fused-ring (bicyclic) bond motifs is 2. The Labute approximate surface area is 143 Å². The summed E-state index contributed by atoms with van der Waals surface area (Å²) in [6.45, 7) is 0. The number of carbonyl (C=O) groups is 1. The third-order valence-electron chi connectivity index (χ3n) is 3.73. The number of alkyl halides is 2. The number of ether oxygens (including phenoxy) is 2. The fraction of sp³-hybridized carbons (Fsp3) is 0.0625. The van der Waals surface area contributed by atoms with Gasteiger partial charge in [0.05, 0.1) is 4.92 Å². The highest BCUT2D eigenvalue weighted by molar-refractivity contribution is 6.07. The molecule has 26 heavy (non-hydrogen) atoms. The van der Waals surface area contributed by atoms with Gasteiger partial charge in [-0.1, -0.05) is 12.1 Å². The Morgan fingerprint density at radius 1 is 1.15 bits per heavy atom. The maximum absolute atomic E-state index is 13.0. The van der Waals surface area contributed by atoms with Gasteiger partial charge in [0.15, 0.2) is 11.5 Å². The van der Waals surface area contributed by atoms with Crippen LogP contribution in [0, 0.1) is 10.1 Å². The molecule has 1 aliphatic rings. The predicted molar refractivity (Wildman–Crippen MR) is 85.6 cm³/mol. The van der Waals surface area contributed by atoms with Crippen LogP contribution < -0.4 is 14.8 Å². The Balaban J connectivity index is 1.61. The van der Waals surface area contributed by atoms with E-state index in [1.807, 2.05) is 0 Å². The van der Waals surface area contributed by atoms with Crippen LogP contribution in [0.1, 0.15) is 10.5 Å². The lowest BCUT2D eigenvalue weighted by Gasteiger charge is -2.05. The number of para-hydroxylation sites is 1. The largest absolute Gasteiger partial charge is 0.586 e. The number of anilines is 1. The number of rotatable bonds is 3. The van der Waals surface area contributed by atoms with Gasteiger partial charge in [-0.2, -0.15) is 0 Å². The van der Waals surface area contributed by atoms with Crippen molar-refractivity contribution < 1.29 is 28.0 Å². The molecule has 2 heterocycles. The first kappa shape index (κ1) is 15.8. The minimum atomic E-state index is -3.75. The van der Waals surface area contributed by atoms with Gasteiger partial charge in [-0.15, -0.1) is 8.78 Å². The number of aromatic amines is 1. The fourth-order valence-corrected chi connectivity index (χ4v) is 2.64. The number of nitro groups is 1. The topological polar surface area (TPSA) is 106 Å². The summed E-state index contributed by atoms with van der Waals surface area (Å²) in [5.74, 6) is -0.949. The van der Waals surface area contributed by atoms with Crippen molar-refractivity contribution in [1.29, 1.82) is 0 Å². The van der Waals surface area contributed by atoms with Crippen LogP contribution >= 0.6 is 0 Å². The number of aromatic nitrogens is 1. The number of halogens is 2. The molecule has 0 fully saturated rings. The molecule has 0 atom stereocenters. The number of nitrogens with one attached hydrogen (secondary N) is 2. The average molecular weight is 361 g/mol. The van der Waals surface area contributed by atoms with Crippen molar-refractivity contribution in [1.82, 2.24) is 4.98 Å². The van der Waals surface area contributed by atoms with E-state index in [0.717, 1.165) is 0 Å². The lowest BCUT2D eigenvalue weighted by Crippen LogP contribution is -2.25. The van der Waals surface area contributed by atoms with Crippen molar-refractivity contribution in [3.8, 4) is 11.5 Å². The normalized spacial score (nSPS) is 14.4. The Hall–Kier alpha value is -3.69. The van der Waals surface area contributed by atoms with E-state index < -0.39 is 17.1 Å². The second kappa shape index (κ2) is 5.41. The van der Waals surface area contributed by atoms with Gasteiger partial charge in [0.2, 0.25) is 0 Å². The second-order valence-corrected chi connectivity index (χ2v) is 5.46. The van der Waals surface area contributed by atoms with Crippen LogP contribution in [0.3, 0.4) is 0 Å². The molecule has 132 valence electrons. The van der Waals surface area contributed by atoms with E-state index in [-0.39, 0.29) is 34.1 Å². The summed E-state index contributed by atoms with van der Waals surface area (Å²) in [6.07, 6.45) is -3.75.